The van der Waals surface area contributed by atoms with E-state index < -0.39 is 39.1 Å². The molecule has 9 nitrogen and oxygen atoms in total. The molecule has 1 N–H and O–H groups in total. The number of ether oxygens (including phenoxy) is 1. The summed E-state index contributed by atoms with van der Waals surface area (Å²) >= 11 is 0. The van der Waals surface area contributed by atoms with E-state index in [1.165, 1.54) is 16.7 Å². The van der Waals surface area contributed by atoms with Crippen LogP contribution in [-0.2, 0) is 14.8 Å². The van der Waals surface area contributed by atoms with Crippen LogP contribution in [0.25, 0.3) is 21.7 Å². The first-order valence-electron chi connectivity index (χ1n) is 13.4. The van der Waals surface area contributed by atoms with Gasteiger partial charge in [0.05, 0.1) is 16.3 Å². The minimum atomic E-state index is -4.24. The van der Waals surface area contributed by atoms with Crippen molar-refractivity contribution in [2.45, 2.75) is 44.1 Å². The molecule has 10 heteroatoms. The largest absolute Gasteiger partial charge is 0.443 e. The van der Waals surface area contributed by atoms with Gasteiger partial charge in [0.2, 0.25) is 6.54 Å². The van der Waals surface area contributed by atoms with Crippen molar-refractivity contribution in [2.75, 3.05) is 11.3 Å². The lowest BCUT2D eigenvalue weighted by atomic mass is 9.87. The van der Waals surface area contributed by atoms with Crippen LogP contribution in [0.1, 0.15) is 43.4 Å². The SMILES string of the molecule is Cc1ccc(S(=O)(=O)Nc2c(C(C[N+](=O)[O-])c3cccc4ccccc34)c3ccccc3n2C(=O)OC(C)(C)C)cc1. The minimum Gasteiger partial charge on any atom is -0.443 e. The number of carbonyl (C=O) groups excluding carboxylic acids is 1. The van der Waals surface area contributed by atoms with Gasteiger partial charge in [-0.05, 0) is 62.2 Å². The fourth-order valence-electron chi connectivity index (χ4n) is 5.17. The number of para-hydroxylation sites is 1. The number of hydrogen-bond acceptors (Lipinski definition) is 6. The van der Waals surface area contributed by atoms with Gasteiger partial charge in [-0.1, -0.05) is 78.4 Å². The molecular weight excluding hydrogens is 554 g/mol. The second-order valence-corrected chi connectivity index (χ2v) is 12.8. The molecule has 1 atom stereocenters. The van der Waals surface area contributed by atoms with Crippen LogP contribution in [0.4, 0.5) is 10.6 Å². The third kappa shape index (κ3) is 5.71. The molecule has 0 amide bonds. The number of nitrogens with one attached hydrogen (secondary N) is 1. The van der Waals surface area contributed by atoms with Crippen molar-refractivity contribution in [2.24, 2.45) is 0 Å². The Balaban J connectivity index is 1.85. The summed E-state index contributed by atoms with van der Waals surface area (Å²) in [6, 6.07) is 26.2. The van der Waals surface area contributed by atoms with Gasteiger partial charge in [-0.3, -0.25) is 14.8 Å². The van der Waals surface area contributed by atoms with Crippen LogP contribution in [0.15, 0.2) is 95.9 Å². The highest BCUT2D eigenvalue weighted by atomic mass is 32.2. The van der Waals surface area contributed by atoms with Crippen molar-refractivity contribution in [1.29, 1.82) is 0 Å². The number of anilines is 1. The highest BCUT2D eigenvalue weighted by Gasteiger charge is 2.35. The van der Waals surface area contributed by atoms with E-state index in [0.717, 1.165) is 16.3 Å². The number of fused-ring (bicyclic) bond motifs is 2. The number of sulfonamides is 1. The zero-order chi connectivity index (χ0) is 30.2. The van der Waals surface area contributed by atoms with E-state index in [-0.39, 0.29) is 10.7 Å². The second kappa shape index (κ2) is 10.9. The van der Waals surface area contributed by atoms with Crippen molar-refractivity contribution < 1.29 is 22.9 Å². The van der Waals surface area contributed by atoms with E-state index in [2.05, 4.69) is 4.72 Å². The first-order valence-corrected chi connectivity index (χ1v) is 14.9. The topological polar surface area (TPSA) is 121 Å². The Morgan fingerprint density at radius 3 is 2.21 bits per heavy atom. The Kier molecular flexibility index (Phi) is 7.51. The monoisotopic (exact) mass is 585 g/mol. The molecule has 0 fully saturated rings. The Hall–Kier alpha value is -4.70. The molecule has 0 saturated heterocycles. The van der Waals surface area contributed by atoms with Crippen LogP contribution in [0, 0.1) is 17.0 Å². The van der Waals surface area contributed by atoms with Gasteiger partial charge in [0, 0.05) is 15.9 Å². The quantitative estimate of drug-likeness (QED) is 0.161. The van der Waals surface area contributed by atoms with Gasteiger partial charge < -0.3 is 4.74 Å². The summed E-state index contributed by atoms with van der Waals surface area (Å²) in [5.74, 6) is -1.03. The molecule has 216 valence electrons. The lowest BCUT2D eigenvalue weighted by Gasteiger charge is -2.22. The van der Waals surface area contributed by atoms with Crippen LogP contribution < -0.4 is 4.72 Å². The van der Waals surface area contributed by atoms with Crippen LogP contribution in [-0.4, -0.2) is 36.1 Å². The van der Waals surface area contributed by atoms with E-state index in [0.29, 0.717) is 22.0 Å². The molecule has 1 aromatic heterocycles. The molecule has 0 bridgehead atoms. The molecule has 0 spiro atoms. The molecule has 5 aromatic rings. The summed E-state index contributed by atoms with van der Waals surface area (Å²) in [6.07, 6.45) is -0.815. The van der Waals surface area contributed by atoms with Gasteiger partial charge in [-0.15, -0.1) is 0 Å². The summed E-state index contributed by atoms with van der Waals surface area (Å²) in [7, 11) is -4.24. The van der Waals surface area contributed by atoms with E-state index in [9.17, 15) is 23.3 Å². The molecule has 1 unspecified atom stereocenters. The maximum absolute atomic E-state index is 13.8. The Bertz CT molecular complexity index is 1920. The lowest BCUT2D eigenvalue weighted by Crippen LogP contribution is -2.29. The van der Waals surface area contributed by atoms with Crippen molar-refractivity contribution in [3.8, 4) is 0 Å². The standard InChI is InChI=1S/C32H31N3O6S/c1-21-16-18-23(19-17-21)42(39,40)33-30-29(26-13-7-8-15-28(26)35(30)31(36)41-32(2,3)4)27(20-34(37)38)25-14-9-11-22-10-5-6-12-24(22)25/h5-19,27,33H,20H2,1-4H3. The van der Waals surface area contributed by atoms with E-state index in [4.69, 9.17) is 4.74 Å². The molecule has 0 saturated carbocycles. The molecular formula is C32H31N3O6S. The van der Waals surface area contributed by atoms with Crippen LogP contribution in [0.3, 0.4) is 0 Å². The smallest absolute Gasteiger partial charge is 0.420 e. The zero-order valence-corrected chi connectivity index (χ0v) is 24.5. The normalized spacial score (nSPS) is 12.8. The summed E-state index contributed by atoms with van der Waals surface area (Å²) in [5.41, 5.74) is 1.27. The molecule has 0 aliphatic rings. The zero-order valence-electron chi connectivity index (χ0n) is 23.7. The number of rotatable bonds is 7. The molecule has 0 radical (unpaired) electrons. The number of aromatic nitrogens is 1. The second-order valence-electron chi connectivity index (χ2n) is 11.2. The van der Waals surface area contributed by atoms with E-state index in [1.54, 1.807) is 63.2 Å². The van der Waals surface area contributed by atoms with E-state index in [1.807, 2.05) is 43.3 Å². The predicted octanol–water partition coefficient (Wildman–Crippen LogP) is 7.10. The summed E-state index contributed by atoms with van der Waals surface area (Å²) < 4.78 is 37.1. The molecule has 1 heterocycles. The van der Waals surface area contributed by atoms with Crippen molar-refractivity contribution in [1.82, 2.24) is 4.57 Å². The summed E-state index contributed by atoms with van der Waals surface area (Å²) in [5, 5.41) is 14.3. The molecule has 0 aliphatic heterocycles. The summed E-state index contributed by atoms with van der Waals surface area (Å²) in [6.45, 7) is 6.42. The molecule has 4 aromatic carbocycles. The third-order valence-corrected chi connectivity index (χ3v) is 8.29. The van der Waals surface area contributed by atoms with Crippen LogP contribution in [0.5, 0.6) is 0 Å². The van der Waals surface area contributed by atoms with Crippen molar-refractivity contribution >= 4 is 43.6 Å². The molecule has 42 heavy (non-hydrogen) atoms. The lowest BCUT2D eigenvalue weighted by molar-refractivity contribution is -0.481. The average Bonchev–Trinajstić information content (AvgIpc) is 3.23. The molecule has 0 aliphatic carbocycles. The van der Waals surface area contributed by atoms with Gasteiger partial charge in [0.15, 0.2) is 0 Å². The first kappa shape index (κ1) is 28.8. The highest BCUT2D eigenvalue weighted by molar-refractivity contribution is 7.92. The van der Waals surface area contributed by atoms with E-state index >= 15 is 0 Å². The number of aryl methyl sites for hydroxylation is 1. The van der Waals surface area contributed by atoms with Crippen molar-refractivity contribution in [3.05, 3.63) is 118 Å². The maximum atomic E-state index is 13.8. The Labute approximate surface area is 243 Å². The fourth-order valence-corrected chi connectivity index (χ4v) is 6.24. The van der Waals surface area contributed by atoms with Gasteiger partial charge >= 0.3 is 6.09 Å². The minimum absolute atomic E-state index is 0.0176. The summed E-state index contributed by atoms with van der Waals surface area (Å²) in [4.78, 5) is 25.5. The van der Waals surface area contributed by atoms with Crippen LogP contribution in [0.2, 0.25) is 0 Å². The maximum Gasteiger partial charge on any atom is 0.420 e. The van der Waals surface area contributed by atoms with Gasteiger partial charge in [-0.25, -0.2) is 17.8 Å². The predicted molar refractivity (Wildman–Crippen MR) is 163 cm³/mol. The number of carbonyl (C=O) groups is 1. The number of hydrogen-bond donors (Lipinski definition) is 1. The third-order valence-electron chi connectivity index (χ3n) is 6.93. The Morgan fingerprint density at radius 1 is 0.929 bits per heavy atom. The fraction of sp³-hybridized carbons (Fsp3) is 0.219. The van der Waals surface area contributed by atoms with Gasteiger partial charge in [0.25, 0.3) is 10.0 Å². The number of nitro groups is 1. The highest BCUT2D eigenvalue weighted by Crippen LogP contribution is 2.42. The average molecular weight is 586 g/mol. The van der Waals surface area contributed by atoms with Crippen LogP contribution >= 0.6 is 0 Å². The van der Waals surface area contributed by atoms with Gasteiger partial charge in [0.1, 0.15) is 11.4 Å². The van der Waals surface area contributed by atoms with Gasteiger partial charge in [-0.2, -0.15) is 0 Å². The first-order chi connectivity index (χ1) is 19.9. The van der Waals surface area contributed by atoms with Crippen molar-refractivity contribution in [3.63, 3.8) is 0 Å². The Morgan fingerprint density at radius 2 is 1.55 bits per heavy atom. The molecule has 5 rings (SSSR count). The number of nitrogens with zero attached hydrogens (tertiary/aromatic N) is 2. The number of benzene rings is 4.